The van der Waals surface area contributed by atoms with Crippen LogP contribution in [0.5, 0.6) is 5.75 Å². The van der Waals surface area contributed by atoms with E-state index in [-0.39, 0.29) is 0 Å². The Kier molecular flexibility index (Phi) is 4.57. The number of carboxylic acid groups (broad SMARTS) is 1. The summed E-state index contributed by atoms with van der Waals surface area (Å²) in [4.78, 5) is 15.7. The lowest BCUT2D eigenvalue weighted by Gasteiger charge is -2.32. The molecular formula is C12H18N2O3S. The molecule has 0 spiro atoms. The van der Waals surface area contributed by atoms with E-state index >= 15 is 0 Å². The molecule has 1 saturated heterocycles. The number of rotatable bonds is 5. The number of hydrogen-bond acceptors (Lipinski definition) is 5. The molecule has 5 nitrogen and oxygen atoms in total. The summed E-state index contributed by atoms with van der Waals surface area (Å²) in [5, 5.41) is 10.5. The van der Waals surface area contributed by atoms with E-state index in [1.807, 2.05) is 0 Å². The maximum Gasteiger partial charge on any atom is 0.346 e. The van der Waals surface area contributed by atoms with E-state index in [0.717, 1.165) is 32.7 Å². The number of thiophene rings is 1. The van der Waals surface area contributed by atoms with Crippen molar-refractivity contribution in [1.82, 2.24) is 9.80 Å². The molecule has 1 aliphatic rings. The minimum absolute atomic E-state index is 0.324. The van der Waals surface area contributed by atoms with E-state index in [0.29, 0.717) is 17.2 Å². The van der Waals surface area contributed by atoms with Gasteiger partial charge in [0.15, 0.2) is 0 Å². The van der Waals surface area contributed by atoms with Crippen LogP contribution in [0.15, 0.2) is 11.4 Å². The van der Waals surface area contributed by atoms with Gasteiger partial charge in [-0.15, -0.1) is 11.3 Å². The molecule has 18 heavy (non-hydrogen) atoms. The van der Waals surface area contributed by atoms with Crippen molar-refractivity contribution in [2.75, 3.05) is 46.4 Å². The van der Waals surface area contributed by atoms with Gasteiger partial charge >= 0.3 is 5.97 Å². The normalized spacial score (nSPS) is 17.8. The lowest BCUT2D eigenvalue weighted by atomic mass is 10.3. The number of carboxylic acids is 1. The molecule has 0 saturated carbocycles. The van der Waals surface area contributed by atoms with Crippen LogP contribution in [0.4, 0.5) is 0 Å². The molecule has 0 aromatic carbocycles. The van der Waals surface area contributed by atoms with Crippen molar-refractivity contribution in [2.45, 2.75) is 0 Å². The number of ether oxygens (including phenoxy) is 1. The highest BCUT2D eigenvalue weighted by Gasteiger charge is 2.13. The van der Waals surface area contributed by atoms with Gasteiger partial charge in [0.2, 0.25) is 0 Å². The van der Waals surface area contributed by atoms with Crippen LogP contribution >= 0.6 is 11.3 Å². The summed E-state index contributed by atoms with van der Waals surface area (Å²) in [6, 6.07) is 1.58. The highest BCUT2D eigenvalue weighted by molar-refractivity contribution is 7.12. The number of likely N-dealkylation sites (N-methyl/N-ethyl adjacent to an activating group) is 1. The molecule has 1 aromatic rings. The van der Waals surface area contributed by atoms with E-state index in [1.54, 1.807) is 11.4 Å². The Balaban J connectivity index is 1.70. The van der Waals surface area contributed by atoms with E-state index in [1.165, 1.54) is 11.3 Å². The quantitative estimate of drug-likeness (QED) is 0.867. The first kappa shape index (κ1) is 13.3. The smallest absolute Gasteiger partial charge is 0.346 e. The van der Waals surface area contributed by atoms with Crippen LogP contribution in [0.25, 0.3) is 0 Å². The Morgan fingerprint density at radius 2 is 2.17 bits per heavy atom. The van der Waals surface area contributed by atoms with Crippen LogP contribution in [-0.2, 0) is 0 Å². The van der Waals surface area contributed by atoms with Gasteiger partial charge in [0, 0.05) is 44.2 Å². The standard InChI is InChI=1S/C12H18N2O3S/c1-13-2-4-14(5-3-13)6-7-17-10-8-11(12(15)16)18-9-10/h8-9H,2-7H2,1H3,(H,15,16). The lowest BCUT2D eigenvalue weighted by molar-refractivity contribution is 0.0701. The Bertz CT molecular complexity index is 400. The van der Waals surface area contributed by atoms with Crippen molar-refractivity contribution in [3.05, 3.63) is 16.3 Å². The van der Waals surface area contributed by atoms with Crippen molar-refractivity contribution in [1.29, 1.82) is 0 Å². The highest BCUT2D eigenvalue weighted by Crippen LogP contribution is 2.21. The fourth-order valence-corrected chi connectivity index (χ4v) is 2.53. The van der Waals surface area contributed by atoms with Crippen LogP contribution < -0.4 is 4.74 Å². The summed E-state index contributed by atoms with van der Waals surface area (Å²) in [5.41, 5.74) is 0. The number of carbonyl (C=O) groups is 1. The SMILES string of the molecule is CN1CCN(CCOc2csc(C(=O)O)c2)CC1. The molecule has 100 valence electrons. The predicted molar refractivity (Wildman–Crippen MR) is 70.7 cm³/mol. The maximum atomic E-state index is 10.7. The van der Waals surface area contributed by atoms with Gasteiger partial charge in [-0.05, 0) is 7.05 Å². The number of nitrogens with zero attached hydrogens (tertiary/aromatic N) is 2. The molecule has 1 N–H and O–H groups in total. The van der Waals surface area contributed by atoms with Crippen molar-refractivity contribution < 1.29 is 14.6 Å². The van der Waals surface area contributed by atoms with Gasteiger partial charge in [-0.2, -0.15) is 0 Å². The molecule has 0 radical (unpaired) electrons. The third-order valence-electron chi connectivity index (χ3n) is 3.06. The molecule has 1 aromatic heterocycles. The number of piperazine rings is 1. The zero-order valence-electron chi connectivity index (χ0n) is 10.5. The van der Waals surface area contributed by atoms with Crippen LogP contribution in [-0.4, -0.2) is 67.3 Å². The minimum Gasteiger partial charge on any atom is -0.491 e. The van der Waals surface area contributed by atoms with Gasteiger partial charge in [-0.25, -0.2) is 4.79 Å². The van der Waals surface area contributed by atoms with Gasteiger partial charge < -0.3 is 14.7 Å². The van der Waals surface area contributed by atoms with Gasteiger partial charge in [0.25, 0.3) is 0 Å². The van der Waals surface area contributed by atoms with Crippen LogP contribution in [0.3, 0.4) is 0 Å². The Hall–Kier alpha value is -1.11. The summed E-state index contributed by atoms with van der Waals surface area (Å²) >= 11 is 1.20. The van der Waals surface area contributed by atoms with Gasteiger partial charge in [-0.3, -0.25) is 4.90 Å². The molecule has 2 rings (SSSR count). The molecule has 1 fully saturated rings. The predicted octanol–water partition coefficient (Wildman–Crippen LogP) is 1.07. The average molecular weight is 270 g/mol. The fraction of sp³-hybridized carbons (Fsp3) is 0.583. The van der Waals surface area contributed by atoms with Gasteiger partial charge in [0.1, 0.15) is 17.2 Å². The fourth-order valence-electron chi connectivity index (χ4n) is 1.87. The summed E-state index contributed by atoms with van der Waals surface area (Å²) in [7, 11) is 2.13. The summed E-state index contributed by atoms with van der Waals surface area (Å²) in [5.74, 6) is -0.236. The molecule has 0 aliphatic carbocycles. The topological polar surface area (TPSA) is 53.0 Å². The van der Waals surface area contributed by atoms with Crippen LogP contribution in [0.1, 0.15) is 9.67 Å². The number of hydrogen-bond donors (Lipinski definition) is 1. The first-order valence-corrected chi connectivity index (χ1v) is 6.88. The summed E-state index contributed by atoms with van der Waals surface area (Å²) < 4.78 is 5.56. The molecule has 6 heteroatoms. The lowest BCUT2D eigenvalue weighted by Crippen LogP contribution is -2.45. The van der Waals surface area contributed by atoms with Gasteiger partial charge in [0.05, 0.1) is 0 Å². The first-order chi connectivity index (χ1) is 8.65. The van der Waals surface area contributed by atoms with Crippen molar-refractivity contribution in [3.63, 3.8) is 0 Å². The average Bonchev–Trinajstić information content (AvgIpc) is 2.81. The zero-order chi connectivity index (χ0) is 13.0. The molecular weight excluding hydrogens is 252 g/mol. The highest BCUT2D eigenvalue weighted by atomic mass is 32.1. The Morgan fingerprint density at radius 3 is 2.78 bits per heavy atom. The summed E-state index contributed by atoms with van der Waals surface area (Å²) in [6.07, 6.45) is 0. The van der Waals surface area contributed by atoms with Crippen LogP contribution in [0, 0.1) is 0 Å². The molecule has 2 heterocycles. The van der Waals surface area contributed by atoms with E-state index < -0.39 is 5.97 Å². The van der Waals surface area contributed by atoms with E-state index in [9.17, 15) is 4.79 Å². The van der Waals surface area contributed by atoms with Crippen molar-refractivity contribution >= 4 is 17.3 Å². The molecule has 0 atom stereocenters. The van der Waals surface area contributed by atoms with E-state index in [4.69, 9.17) is 9.84 Å². The zero-order valence-corrected chi connectivity index (χ0v) is 11.3. The summed E-state index contributed by atoms with van der Waals surface area (Å²) in [6.45, 7) is 5.85. The maximum absolute atomic E-state index is 10.7. The third-order valence-corrected chi connectivity index (χ3v) is 3.95. The monoisotopic (exact) mass is 270 g/mol. The molecule has 0 bridgehead atoms. The Morgan fingerprint density at radius 1 is 1.44 bits per heavy atom. The Labute approximate surface area is 111 Å². The second-order valence-corrected chi connectivity index (χ2v) is 5.36. The van der Waals surface area contributed by atoms with Crippen molar-refractivity contribution in [2.24, 2.45) is 0 Å². The molecule has 0 unspecified atom stereocenters. The minimum atomic E-state index is -0.895. The van der Waals surface area contributed by atoms with Gasteiger partial charge in [-0.1, -0.05) is 0 Å². The number of aromatic carboxylic acids is 1. The third kappa shape index (κ3) is 3.69. The largest absolute Gasteiger partial charge is 0.491 e. The van der Waals surface area contributed by atoms with E-state index in [2.05, 4.69) is 16.8 Å². The molecule has 1 aliphatic heterocycles. The van der Waals surface area contributed by atoms with Crippen LogP contribution in [0.2, 0.25) is 0 Å². The van der Waals surface area contributed by atoms with Crippen molar-refractivity contribution in [3.8, 4) is 5.75 Å². The second kappa shape index (κ2) is 6.17. The second-order valence-electron chi connectivity index (χ2n) is 4.45. The first-order valence-electron chi connectivity index (χ1n) is 6.00. The molecule has 0 amide bonds.